The first-order valence-corrected chi connectivity index (χ1v) is 10.1. The molecule has 0 atom stereocenters. The molecule has 0 heterocycles. The van der Waals surface area contributed by atoms with Gasteiger partial charge in [0.25, 0.3) is 5.91 Å². The molecule has 1 saturated carbocycles. The number of carbonyl (C=O) groups excluding carboxylic acids is 2. The van der Waals surface area contributed by atoms with E-state index in [1.807, 2.05) is 0 Å². The lowest BCUT2D eigenvalue weighted by Gasteiger charge is -2.29. The summed E-state index contributed by atoms with van der Waals surface area (Å²) < 4.78 is 19.1. The monoisotopic (exact) mass is 438 g/mol. The molecule has 154 valence electrons. The van der Waals surface area contributed by atoms with E-state index in [4.69, 9.17) is 27.9 Å². The van der Waals surface area contributed by atoms with Crippen LogP contribution in [0.2, 0.25) is 10.0 Å². The Labute approximate surface area is 178 Å². The van der Waals surface area contributed by atoms with Gasteiger partial charge in [0.2, 0.25) is 5.91 Å². The van der Waals surface area contributed by atoms with E-state index >= 15 is 0 Å². The van der Waals surface area contributed by atoms with Crippen molar-refractivity contribution in [3.8, 4) is 11.5 Å². The van der Waals surface area contributed by atoms with Gasteiger partial charge in [0.15, 0.2) is 0 Å². The van der Waals surface area contributed by atoms with Gasteiger partial charge in [-0.1, -0.05) is 29.3 Å². The minimum absolute atomic E-state index is 0.0168. The molecule has 2 amide bonds. The minimum Gasteiger partial charge on any atom is -0.456 e. The molecule has 2 aromatic rings. The lowest BCUT2D eigenvalue weighted by Crippen LogP contribution is -2.43. The van der Waals surface area contributed by atoms with E-state index in [-0.39, 0.29) is 45.3 Å². The largest absolute Gasteiger partial charge is 0.456 e. The van der Waals surface area contributed by atoms with Crippen molar-refractivity contribution >= 4 is 35.0 Å². The smallest absolute Gasteiger partial charge is 0.256 e. The van der Waals surface area contributed by atoms with E-state index in [0.29, 0.717) is 5.75 Å². The molecule has 2 N–H and O–H groups in total. The third-order valence-corrected chi connectivity index (χ3v) is 5.40. The fourth-order valence-electron chi connectivity index (χ4n) is 3.40. The number of amides is 2. The molecule has 0 bridgehead atoms. The van der Waals surface area contributed by atoms with Gasteiger partial charge in [-0.25, -0.2) is 4.39 Å². The number of benzene rings is 2. The van der Waals surface area contributed by atoms with Crippen LogP contribution < -0.4 is 15.4 Å². The summed E-state index contributed by atoms with van der Waals surface area (Å²) in [4.78, 5) is 24.1. The molecular formula is C21H21Cl2FN2O3. The van der Waals surface area contributed by atoms with E-state index < -0.39 is 5.82 Å². The Kier molecular flexibility index (Phi) is 6.98. The molecule has 0 aromatic heterocycles. The molecule has 1 fully saturated rings. The summed E-state index contributed by atoms with van der Waals surface area (Å²) in [7, 11) is 0. The van der Waals surface area contributed by atoms with Gasteiger partial charge in [0.05, 0.1) is 10.0 Å². The third kappa shape index (κ3) is 5.61. The summed E-state index contributed by atoms with van der Waals surface area (Å²) in [5, 5.41) is 6.08. The Morgan fingerprint density at radius 2 is 1.66 bits per heavy atom. The first-order valence-electron chi connectivity index (χ1n) is 9.33. The molecule has 1 aliphatic carbocycles. The molecule has 0 aliphatic heterocycles. The Balaban J connectivity index is 1.70. The van der Waals surface area contributed by atoms with Crippen molar-refractivity contribution in [2.24, 2.45) is 0 Å². The zero-order valence-electron chi connectivity index (χ0n) is 15.8. The van der Waals surface area contributed by atoms with Gasteiger partial charge in [-0.05, 0) is 49.9 Å². The summed E-state index contributed by atoms with van der Waals surface area (Å²) in [6.45, 7) is 1.50. The van der Waals surface area contributed by atoms with Gasteiger partial charge in [-0.2, -0.15) is 0 Å². The Morgan fingerprint density at radius 3 is 2.28 bits per heavy atom. The molecule has 8 heteroatoms. The predicted molar refractivity (Wildman–Crippen MR) is 110 cm³/mol. The first-order chi connectivity index (χ1) is 13.8. The molecule has 0 spiro atoms. The highest BCUT2D eigenvalue weighted by Gasteiger charge is 2.25. The van der Waals surface area contributed by atoms with Crippen LogP contribution in [0.4, 0.5) is 4.39 Å². The van der Waals surface area contributed by atoms with Gasteiger partial charge in [-0.3, -0.25) is 9.59 Å². The standard InChI is InChI=1S/C21H21Cl2FN2O3/c1-12(27)25-13-5-7-14(8-6-13)26-21(28)20-16(22)3-2-4-19(20)29-15-9-10-18(24)17(23)11-15/h2-4,9-11,13-14H,5-8H2,1H3,(H,25,27)(H,26,28). The van der Waals surface area contributed by atoms with Crippen LogP contribution in [0, 0.1) is 5.82 Å². The lowest BCUT2D eigenvalue weighted by molar-refractivity contribution is -0.119. The van der Waals surface area contributed by atoms with E-state index in [0.717, 1.165) is 25.7 Å². The van der Waals surface area contributed by atoms with E-state index in [1.165, 1.54) is 25.1 Å². The Morgan fingerprint density at radius 1 is 1.00 bits per heavy atom. The number of hydrogen-bond donors (Lipinski definition) is 2. The second kappa shape index (κ2) is 9.46. The molecule has 0 saturated heterocycles. The molecule has 29 heavy (non-hydrogen) atoms. The van der Waals surface area contributed by atoms with Crippen LogP contribution in [0.3, 0.4) is 0 Å². The number of carbonyl (C=O) groups is 2. The zero-order chi connectivity index (χ0) is 21.0. The van der Waals surface area contributed by atoms with Crippen LogP contribution in [-0.2, 0) is 4.79 Å². The van der Waals surface area contributed by atoms with E-state index in [9.17, 15) is 14.0 Å². The summed E-state index contributed by atoms with van der Waals surface area (Å²) >= 11 is 12.1. The normalized spacial score (nSPS) is 18.8. The average molecular weight is 439 g/mol. The number of halogens is 3. The molecule has 0 unspecified atom stereocenters. The van der Waals surface area contributed by atoms with Crippen molar-refractivity contribution in [3.63, 3.8) is 0 Å². The van der Waals surface area contributed by atoms with Crippen LogP contribution in [0.25, 0.3) is 0 Å². The van der Waals surface area contributed by atoms with Crippen molar-refractivity contribution in [1.82, 2.24) is 10.6 Å². The predicted octanol–water partition coefficient (Wildman–Crippen LogP) is 5.10. The van der Waals surface area contributed by atoms with Gasteiger partial charge in [-0.15, -0.1) is 0 Å². The van der Waals surface area contributed by atoms with Crippen LogP contribution in [0.5, 0.6) is 11.5 Å². The van der Waals surface area contributed by atoms with Gasteiger partial charge in [0.1, 0.15) is 22.9 Å². The highest BCUT2D eigenvalue weighted by molar-refractivity contribution is 6.34. The van der Waals surface area contributed by atoms with Crippen LogP contribution >= 0.6 is 23.2 Å². The van der Waals surface area contributed by atoms with Gasteiger partial charge < -0.3 is 15.4 Å². The van der Waals surface area contributed by atoms with E-state index in [1.54, 1.807) is 18.2 Å². The quantitative estimate of drug-likeness (QED) is 0.681. The topological polar surface area (TPSA) is 67.4 Å². The molecule has 5 nitrogen and oxygen atoms in total. The summed E-state index contributed by atoms with van der Waals surface area (Å²) in [5.41, 5.74) is 0.207. The number of rotatable bonds is 5. The van der Waals surface area contributed by atoms with Crippen molar-refractivity contribution in [2.75, 3.05) is 0 Å². The fourth-order valence-corrected chi connectivity index (χ4v) is 3.83. The lowest BCUT2D eigenvalue weighted by atomic mass is 9.91. The molecule has 3 rings (SSSR count). The summed E-state index contributed by atoms with van der Waals surface area (Å²) in [6, 6.07) is 8.96. The van der Waals surface area contributed by atoms with Crippen molar-refractivity contribution in [3.05, 3.63) is 57.8 Å². The highest BCUT2D eigenvalue weighted by Crippen LogP contribution is 2.32. The maximum atomic E-state index is 13.4. The minimum atomic E-state index is -0.557. The number of nitrogens with one attached hydrogen (secondary N) is 2. The summed E-state index contributed by atoms with van der Waals surface area (Å²) in [5.74, 6) is -0.399. The highest BCUT2D eigenvalue weighted by atomic mass is 35.5. The maximum absolute atomic E-state index is 13.4. The van der Waals surface area contributed by atoms with Crippen molar-refractivity contribution in [2.45, 2.75) is 44.7 Å². The van der Waals surface area contributed by atoms with Crippen molar-refractivity contribution in [1.29, 1.82) is 0 Å². The zero-order valence-corrected chi connectivity index (χ0v) is 17.3. The molecule has 0 radical (unpaired) electrons. The molecule has 1 aliphatic rings. The average Bonchev–Trinajstić information content (AvgIpc) is 2.66. The molecular weight excluding hydrogens is 418 g/mol. The third-order valence-electron chi connectivity index (χ3n) is 4.79. The Bertz CT molecular complexity index is 915. The van der Waals surface area contributed by atoms with Gasteiger partial charge in [0, 0.05) is 25.1 Å². The van der Waals surface area contributed by atoms with Crippen LogP contribution in [0.15, 0.2) is 36.4 Å². The van der Waals surface area contributed by atoms with Crippen LogP contribution in [0.1, 0.15) is 43.0 Å². The number of hydrogen-bond acceptors (Lipinski definition) is 3. The van der Waals surface area contributed by atoms with Crippen molar-refractivity contribution < 1.29 is 18.7 Å². The second-order valence-electron chi connectivity index (χ2n) is 7.01. The number of ether oxygens (including phenoxy) is 1. The molecule has 2 aromatic carbocycles. The Hall–Kier alpha value is -2.31. The fraction of sp³-hybridized carbons (Fsp3) is 0.333. The first kappa shape index (κ1) is 21.4. The summed E-state index contributed by atoms with van der Waals surface area (Å²) in [6.07, 6.45) is 3.10. The maximum Gasteiger partial charge on any atom is 0.256 e. The van der Waals surface area contributed by atoms with Crippen LogP contribution in [-0.4, -0.2) is 23.9 Å². The van der Waals surface area contributed by atoms with E-state index in [2.05, 4.69) is 10.6 Å². The van der Waals surface area contributed by atoms with Gasteiger partial charge >= 0.3 is 0 Å². The second-order valence-corrected chi connectivity index (χ2v) is 7.83. The SMILES string of the molecule is CC(=O)NC1CCC(NC(=O)c2c(Cl)cccc2Oc2ccc(F)c(Cl)c2)CC1.